The summed E-state index contributed by atoms with van der Waals surface area (Å²) in [7, 11) is 1.84. The number of piperazine rings is 1. The maximum Gasteiger partial charge on any atom is 0.236 e. The fraction of sp³-hybridized carbons (Fsp3) is 0.571. The van der Waals surface area contributed by atoms with Gasteiger partial charge in [0.2, 0.25) is 5.91 Å². The zero-order valence-corrected chi connectivity index (χ0v) is 12.2. The Balaban J connectivity index is 1.87. The van der Waals surface area contributed by atoms with E-state index in [0.717, 1.165) is 38.4 Å². The maximum atomic E-state index is 11.9. The van der Waals surface area contributed by atoms with Crippen LogP contribution in [0.4, 0.5) is 11.4 Å². The average molecular weight is 277 g/mol. The van der Waals surface area contributed by atoms with Crippen molar-refractivity contribution in [1.29, 1.82) is 0 Å². The quantitative estimate of drug-likeness (QED) is 0.855. The molecular formula is C14H23N5O. The van der Waals surface area contributed by atoms with Gasteiger partial charge in [0.05, 0.1) is 24.1 Å². The van der Waals surface area contributed by atoms with Crippen LogP contribution in [0, 0.1) is 0 Å². The number of carbonyl (C=O) groups is 1. The Morgan fingerprint density at radius 3 is 2.70 bits per heavy atom. The van der Waals surface area contributed by atoms with Crippen LogP contribution in [-0.2, 0) is 4.79 Å². The summed E-state index contributed by atoms with van der Waals surface area (Å²) in [5, 5.41) is 0. The summed E-state index contributed by atoms with van der Waals surface area (Å²) in [6.07, 6.45) is 3.44. The van der Waals surface area contributed by atoms with Gasteiger partial charge in [-0.25, -0.2) is 0 Å². The number of aromatic nitrogens is 1. The highest BCUT2D eigenvalue weighted by atomic mass is 16.2. The van der Waals surface area contributed by atoms with Crippen LogP contribution in [0.25, 0.3) is 0 Å². The molecule has 1 amide bonds. The molecule has 0 spiro atoms. The molecule has 1 aromatic rings. The lowest BCUT2D eigenvalue weighted by molar-refractivity contribution is -0.131. The van der Waals surface area contributed by atoms with E-state index in [1.165, 1.54) is 0 Å². The number of nitrogen functional groups attached to an aromatic ring is 1. The maximum absolute atomic E-state index is 11.9. The minimum atomic E-state index is 0.185. The number of hydrogen-bond donors (Lipinski definition) is 1. The van der Waals surface area contributed by atoms with E-state index < -0.39 is 0 Å². The van der Waals surface area contributed by atoms with E-state index in [4.69, 9.17) is 5.73 Å². The van der Waals surface area contributed by atoms with Gasteiger partial charge in [0.15, 0.2) is 0 Å². The molecule has 1 saturated heterocycles. The van der Waals surface area contributed by atoms with Crippen molar-refractivity contribution in [3.05, 3.63) is 18.5 Å². The molecule has 2 rings (SSSR count). The number of anilines is 2. The molecule has 1 fully saturated rings. The van der Waals surface area contributed by atoms with Crippen molar-refractivity contribution < 1.29 is 4.79 Å². The minimum absolute atomic E-state index is 0.185. The molecule has 0 saturated carbocycles. The largest absolute Gasteiger partial charge is 0.396 e. The van der Waals surface area contributed by atoms with E-state index in [0.29, 0.717) is 12.2 Å². The van der Waals surface area contributed by atoms with E-state index in [1.807, 2.05) is 20.0 Å². The van der Waals surface area contributed by atoms with Gasteiger partial charge < -0.3 is 15.5 Å². The van der Waals surface area contributed by atoms with Gasteiger partial charge in [-0.05, 0) is 13.0 Å². The topological polar surface area (TPSA) is 65.7 Å². The summed E-state index contributed by atoms with van der Waals surface area (Å²) >= 11 is 0. The molecule has 2 heterocycles. The SMILES string of the molecule is CCN(C)C(=O)CN1CCN(c2ccncc2N)CC1. The first-order valence-electron chi connectivity index (χ1n) is 7.02. The Labute approximate surface area is 120 Å². The number of carbonyl (C=O) groups excluding carboxylic acids is 1. The second-order valence-corrected chi connectivity index (χ2v) is 5.11. The van der Waals surface area contributed by atoms with Gasteiger partial charge in [0.25, 0.3) is 0 Å². The molecule has 6 nitrogen and oxygen atoms in total. The minimum Gasteiger partial charge on any atom is -0.396 e. The predicted octanol–water partition coefficient (Wildman–Crippen LogP) is 0.264. The lowest BCUT2D eigenvalue weighted by Crippen LogP contribution is -2.49. The molecule has 110 valence electrons. The standard InChI is InChI=1S/C14H23N5O/c1-3-17(2)14(20)11-18-6-8-19(9-7-18)13-4-5-16-10-12(13)15/h4-5,10H,3,6-9,11,15H2,1-2H3. The van der Waals surface area contributed by atoms with Crippen molar-refractivity contribution in [3.63, 3.8) is 0 Å². The highest BCUT2D eigenvalue weighted by Gasteiger charge is 2.21. The normalized spacial score (nSPS) is 16.2. The van der Waals surface area contributed by atoms with Gasteiger partial charge >= 0.3 is 0 Å². The van der Waals surface area contributed by atoms with Gasteiger partial charge in [0, 0.05) is 46.0 Å². The Bertz CT molecular complexity index is 457. The van der Waals surface area contributed by atoms with E-state index in [9.17, 15) is 4.79 Å². The number of pyridine rings is 1. The summed E-state index contributed by atoms with van der Waals surface area (Å²) in [5.74, 6) is 0.185. The fourth-order valence-electron chi connectivity index (χ4n) is 2.32. The molecule has 20 heavy (non-hydrogen) atoms. The molecule has 0 aromatic carbocycles. The van der Waals surface area contributed by atoms with Crippen LogP contribution >= 0.6 is 0 Å². The zero-order chi connectivity index (χ0) is 14.5. The Morgan fingerprint density at radius 2 is 2.10 bits per heavy atom. The van der Waals surface area contributed by atoms with Crippen molar-refractivity contribution in [2.45, 2.75) is 6.92 Å². The summed E-state index contributed by atoms with van der Waals surface area (Å²) in [6, 6.07) is 1.95. The van der Waals surface area contributed by atoms with Gasteiger partial charge in [0.1, 0.15) is 0 Å². The average Bonchev–Trinajstić information content (AvgIpc) is 2.48. The Kier molecular flexibility index (Phi) is 4.79. The molecule has 1 aromatic heterocycles. The first kappa shape index (κ1) is 14.6. The molecule has 0 atom stereocenters. The second kappa shape index (κ2) is 6.56. The van der Waals surface area contributed by atoms with Crippen LogP contribution < -0.4 is 10.6 Å². The molecule has 0 radical (unpaired) electrons. The van der Waals surface area contributed by atoms with Crippen LogP contribution in [0.5, 0.6) is 0 Å². The first-order valence-corrected chi connectivity index (χ1v) is 7.02. The molecule has 1 aliphatic rings. The summed E-state index contributed by atoms with van der Waals surface area (Å²) in [5.41, 5.74) is 7.70. The third-order valence-corrected chi connectivity index (χ3v) is 3.80. The van der Waals surface area contributed by atoms with Crippen molar-refractivity contribution in [2.75, 3.05) is 56.9 Å². The lowest BCUT2D eigenvalue weighted by atomic mass is 10.2. The lowest BCUT2D eigenvalue weighted by Gasteiger charge is -2.36. The fourth-order valence-corrected chi connectivity index (χ4v) is 2.32. The van der Waals surface area contributed by atoms with Crippen molar-refractivity contribution in [3.8, 4) is 0 Å². The Morgan fingerprint density at radius 1 is 1.40 bits per heavy atom. The van der Waals surface area contributed by atoms with Crippen molar-refractivity contribution in [2.24, 2.45) is 0 Å². The number of nitrogens with zero attached hydrogens (tertiary/aromatic N) is 4. The van der Waals surface area contributed by atoms with Gasteiger partial charge in [-0.2, -0.15) is 0 Å². The van der Waals surface area contributed by atoms with Crippen LogP contribution in [-0.4, -0.2) is 67.0 Å². The number of amides is 1. The summed E-state index contributed by atoms with van der Waals surface area (Å²) < 4.78 is 0. The number of likely N-dealkylation sites (N-methyl/N-ethyl adjacent to an activating group) is 1. The molecule has 0 bridgehead atoms. The smallest absolute Gasteiger partial charge is 0.236 e. The molecule has 0 unspecified atom stereocenters. The number of nitrogens with two attached hydrogens (primary N) is 1. The highest BCUT2D eigenvalue weighted by Crippen LogP contribution is 2.22. The zero-order valence-electron chi connectivity index (χ0n) is 12.2. The first-order chi connectivity index (χ1) is 9.61. The Hall–Kier alpha value is -1.82. The van der Waals surface area contributed by atoms with Crippen molar-refractivity contribution in [1.82, 2.24) is 14.8 Å². The van der Waals surface area contributed by atoms with Gasteiger partial charge in [-0.1, -0.05) is 0 Å². The molecular weight excluding hydrogens is 254 g/mol. The molecule has 0 aliphatic carbocycles. The summed E-state index contributed by atoms with van der Waals surface area (Å²) in [6.45, 7) is 6.78. The monoisotopic (exact) mass is 277 g/mol. The van der Waals surface area contributed by atoms with E-state index in [1.54, 1.807) is 17.3 Å². The summed E-state index contributed by atoms with van der Waals surface area (Å²) in [4.78, 5) is 22.1. The third kappa shape index (κ3) is 3.39. The number of hydrogen-bond acceptors (Lipinski definition) is 5. The second-order valence-electron chi connectivity index (χ2n) is 5.11. The van der Waals surface area contributed by atoms with E-state index in [-0.39, 0.29) is 5.91 Å². The highest BCUT2D eigenvalue weighted by molar-refractivity contribution is 5.78. The number of rotatable bonds is 4. The molecule has 2 N–H and O–H groups in total. The van der Waals surface area contributed by atoms with Crippen LogP contribution in [0.15, 0.2) is 18.5 Å². The van der Waals surface area contributed by atoms with Crippen LogP contribution in [0.2, 0.25) is 0 Å². The van der Waals surface area contributed by atoms with Gasteiger partial charge in [-0.15, -0.1) is 0 Å². The van der Waals surface area contributed by atoms with Gasteiger partial charge in [-0.3, -0.25) is 14.7 Å². The predicted molar refractivity (Wildman–Crippen MR) is 80.6 cm³/mol. The third-order valence-electron chi connectivity index (χ3n) is 3.80. The van der Waals surface area contributed by atoms with Crippen LogP contribution in [0.3, 0.4) is 0 Å². The molecule has 1 aliphatic heterocycles. The molecule has 6 heteroatoms. The van der Waals surface area contributed by atoms with E-state index >= 15 is 0 Å². The van der Waals surface area contributed by atoms with E-state index in [2.05, 4.69) is 14.8 Å². The van der Waals surface area contributed by atoms with Crippen LogP contribution in [0.1, 0.15) is 6.92 Å². The van der Waals surface area contributed by atoms with Crippen molar-refractivity contribution >= 4 is 17.3 Å².